The molecule has 6 heteroatoms. The minimum Gasteiger partial charge on any atom is -0.294 e. The molecule has 0 bridgehead atoms. The number of thiophene rings is 1. The minimum absolute atomic E-state index is 0.0504. The molecule has 0 amide bonds. The highest BCUT2D eigenvalue weighted by Crippen LogP contribution is 2.19. The van der Waals surface area contributed by atoms with Crippen molar-refractivity contribution in [1.82, 2.24) is 0 Å². The first-order valence-corrected chi connectivity index (χ1v) is 9.17. The maximum absolute atomic E-state index is 12.0. The van der Waals surface area contributed by atoms with Crippen molar-refractivity contribution in [2.24, 2.45) is 0 Å². The van der Waals surface area contributed by atoms with Gasteiger partial charge in [0.2, 0.25) is 0 Å². The lowest BCUT2D eigenvalue weighted by atomic mass is 10.2. The fourth-order valence-corrected chi connectivity index (χ4v) is 3.78. The Morgan fingerprint density at radius 1 is 1.14 bits per heavy atom. The zero-order valence-electron chi connectivity index (χ0n) is 12.5. The van der Waals surface area contributed by atoms with E-state index in [-0.39, 0.29) is 17.3 Å². The van der Waals surface area contributed by atoms with Crippen LogP contribution in [0.2, 0.25) is 0 Å². The minimum atomic E-state index is -3.69. The predicted octanol–water partition coefficient (Wildman–Crippen LogP) is 3.60. The molecule has 22 heavy (non-hydrogen) atoms. The number of hydrogen-bond donors (Lipinski definition) is 0. The Hall–Kier alpha value is -1.50. The third kappa shape index (κ3) is 4.50. The van der Waals surface area contributed by atoms with Crippen LogP contribution in [0.25, 0.3) is 0 Å². The van der Waals surface area contributed by atoms with Crippen LogP contribution in [-0.4, -0.2) is 20.8 Å². The van der Waals surface area contributed by atoms with Crippen LogP contribution in [0.1, 0.15) is 33.5 Å². The van der Waals surface area contributed by atoms with Crippen LogP contribution in [0.3, 0.4) is 0 Å². The van der Waals surface area contributed by atoms with Gasteiger partial charge < -0.3 is 0 Å². The molecule has 0 fully saturated rings. The van der Waals surface area contributed by atoms with E-state index in [1.165, 1.54) is 18.3 Å². The summed E-state index contributed by atoms with van der Waals surface area (Å²) in [7, 11) is -3.69. The van der Waals surface area contributed by atoms with Crippen molar-refractivity contribution < 1.29 is 17.4 Å². The number of carbonyl (C=O) groups excluding carboxylic acids is 1. The topological polar surface area (TPSA) is 60.4 Å². The van der Waals surface area contributed by atoms with Crippen molar-refractivity contribution in [2.45, 2.75) is 31.6 Å². The van der Waals surface area contributed by atoms with Gasteiger partial charge in [0.1, 0.15) is 0 Å². The van der Waals surface area contributed by atoms with Crippen molar-refractivity contribution in [2.75, 3.05) is 6.61 Å². The quantitative estimate of drug-likeness (QED) is 0.440. The van der Waals surface area contributed by atoms with Crippen LogP contribution >= 0.6 is 11.3 Å². The van der Waals surface area contributed by atoms with Crippen molar-refractivity contribution in [3.8, 4) is 0 Å². The first kappa shape index (κ1) is 16.9. The average molecular weight is 338 g/mol. The molecule has 0 radical (unpaired) electrons. The normalized spacial score (nSPS) is 11.5. The fourth-order valence-electron chi connectivity index (χ4n) is 1.89. The monoisotopic (exact) mass is 338 g/mol. The van der Waals surface area contributed by atoms with E-state index in [2.05, 4.69) is 0 Å². The summed E-state index contributed by atoms with van der Waals surface area (Å²) < 4.78 is 29.0. The highest BCUT2D eigenvalue weighted by Gasteiger charge is 2.14. The Bertz CT molecular complexity index is 743. The Labute approximate surface area is 134 Å². The summed E-state index contributed by atoms with van der Waals surface area (Å²) in [5.41, 5.74) is 0.998. The van der Waals surface area contributed by atoms with Gasteiger partial charge in [0.25, 0.3) is 10.1 Å². The number of hydrogen-bond acceptors (Lipinski definition) is 5. The molecule has 0 N–H and O–H groups in total. The third-order valence-electron chi connectivity index (χ3n) is 3.12. The summed E-state index contributed by atoms with van der Waals surface area (Å²) in [6, 6.07) is 10.3. The van der Waals surface area contributed by atoms with E-state index >= 15 is 0 Å². The van der Waals surface area contributed by atoms with Gasteiger partial charge in [-0.2, -0.15) is 8.42 Å². The van der Waals surface area contributed by atoms with E-state index in [0.29, 0.717) is 12.8 Å². The van der Waals surface area contributed by atoms with Gasteiger partial charge in [-0.05, 0) is 51.0 Å². The van der Waals surface area contributed by atoms with Gasteiger partial charge in [-0.15, -0.1) is 11.3 Å². The second-order valence-electron chi connectivity index (χ2n) is 5.01. The predicted molar refractivity (Wildman–Crippen MR) is 87.0 cm³/mol. The molecule has 0 spiro atoms. The smallest absolute Gasteiger partial charge is 0.294 e. The summed E-state index contributed by atoms with van der Waals surface area (Å²) in [4.78, 5) is 13.2. The Kier molecular flexibility index (Phi) is 5.50. The number of benzene rings is 1. The lowest BCUT2D eigenvalue weighted by Crippen LogP contribution is -2.08. The number of aryl methyl sites for hydroxylation is 2. The van der Waals surface area contributed by atoms with Gasteiger partial charge in [0.05, 0.1) is 16.4 Å². The van der Waals surface area contributed by atoms with Gasteiger partial charge in [-0.3, -0.25) is 8.98 Å². The van der Waals surface area contributed by atoms with E-state index in [0.717, 1.165) is 15.3 Å². The number of carbonyl (C=O) groups is 1. The Morgan fingerprint density at radius 2 is 1.82 bits per heavy atom. The molecule has 0 aliphatic rings. The third-order valence-corrected chi connectivity index (χ3v) is 5.70. The summed E-state index contributed by atoms with van der Waals surface area (Å²) in [6.45, 7) is 3.56. The van der Waals surface area contributed by atoms with E-state index in [1.807, 2.05) is 13.0 Å². The lowest BCUT2D eigenvalue weighted by molar-refractivity contribution is 0.102. The molecular weight excluding hydrogens is 320 g/mol. The summed E-state index contributed by atoms with van der Waals surface area (Å²) >= 11 is 1.44. The largest absolute Gasteiger partial charge is 0.296 e. The van der Waals surface area contributed by atoms with Gasteiger partial charge in [-0.1, -0.05) is 17.7 Å². The van der Waals surface area contributed by atoms with Gasteiger partial charge >= 0.3 is 0 Å². The van der Waals surface area contributed by atoms with Crippen LogP contribution in [0.15, 0.2) is 41.3 Å². The highest BCUT2D eigenvalue weighted by atomic mass is 32.2. The molecule has 118 valence electrons. The Morgan fingerprint density at radius 3 is 2.41 bits per heavy atom. The molecule has 1 aromatic heterocycles. The molecular formula is C16H18O4S2. The van der Waals surface area contributed by atoms with Gasteiger partial charge in [0, 0.05) is 4.88 Å². The average Bonchev–Trinajstić information content (AvgIpc) is 2.93. The van der Waals surface area contributed by atoms with Crippen LogP contribution in [0.5, 0.6) is 0 Å². The van der Waals surface area contributed by atoms with E-state index in [9.17, 15) is 13.2 Å². The van der Waals surface area contributed by atoms with Gasteiger partial charge in [-0.25, -0.2) is 0 Å². The Balaban J connectivity index is 1.85. The molecule has 2 aromatic rings. The van der Waals surface area contributed by atoms with Crippen LogP contribution in [0.4, 0.5) is 0 Å². The number of rotatable bonds is 7. The maximum atomic E-state index is 12.0. The SMILES string of the molecule is CC(=O)c1ccc(CCCOS(=O)(=O)c2ccc(C)cc2)s1. The second kappa shape index (κ2) is 7.17. The molecule has 4 nitrogen and oxygen atoms in total. The fraction of sp³-hybridized carbons (Fsp3) is 0.312. The highest BCUT2D eigenvalue weighted by molar-refractivity contribution is 7.86. The standard InChI is InChI=1S/C16H18O4S2/c1-12-5-8-15(9-6-12)22(18,19)20-11-3-4-14-7-10-16(21-14)13(2)17/h5-10H,3-4,11H2,1-2H3. The zero-order chi connectivity index (χ0) is 16.2. The van der Waals surface area contributed by atoms with E-state index < -0.39 is 10.1 Å². The van der Waals surface area contributed by atoms with E-state index in [4.69, 9.17) is 4.18 Å². The first-order valence-electron chi connectivity index (χ1n) is 6.94. The van der Waals surface area contributed by atoms with Crippen molar-refractivity contribution in [3.05, 3.63) is 51.7 Å². The van der Waals surface area contributed by atoms with E-state index in [1.54, 1.807) is 30.3 Å². The molecule has 1 heterocycles. The summed E-state index contributed by atoms with van der Waals surface area (Å²) in [6.07, 6.45) is 1.28. The number of Topliss-reactive ketones (excluding diaryl/α,β-unsaturated/α-hetero) is 1. The first-order chi connectivity index (χ1) is 10.4. The summed E-state index contributed by atoms with van der Waals surface area (Å²) in [5.74, 6) is 0.0504. The molecule has 0 atom stereocenters. The van der Waals surface area contributed by atoms with Crippen LogP contribution in [-0.2, 0) is 20.7 Å². The molecule has 0 aliphatic carbocycles. The second-order valence-corrected chi connectivity index (χ2v) is 7.80. The lowest BCUT2D eigenvalue weighted by Gasteiger charge is -2.05. The summed E-state index contributed by atoms with van der Waals surface area (Å²) in [5, 5.41) is 0. The van der Waals surface area contributed by atoms with Crippen molar-refractivity contribution in [3.63, 3.8) is 0 Å². The molecule has 0 unspecified atom stereocenters. The molecule has 2 rings (SSSR count). The van der Waals surface area contributed by atoms with Crippen LogP contribution < -0.4 is 0 Å². The molecule has 0 saturated heterocycles. The van der Waals surface area contributed by atoms with Crippen molar-refractivity contribution in [1.29, 1.82) is 0 Å². The molecule has 0 saturated carbocycles. The van der Waals surface area contributed by atoms with Gasteiger partial charge in [0.15, 0.2) is 5.78 Å². The molecule has 1 aromatic carbocycles. The zero-order valence-corrected chi connectivity index (χ0v) is 14.2. The van der Waals surface area contributed by atoms with Crippen molar-refractivity contribution >= 4 is 27.2 Å². The maximum Gasteiger partial charge on any atom is 0.296 e. The number of ketones is 1. The molecule has 0 aliphatic heterocycles. The van der Waals surface area contributed by atoms with Crippen LogP contribution in [0, 0.1) is 6.92 Å².